The number of nitrogens with one attached hydrogen (secondary N) is 1. The molecule has 0 aliphatic carbocycles. The molecule has 0 spiro atoms. The van der Waals surface area contributed by atoms with Crippen LogP contribution in [0.25, 0.3) is 16.7 Å². The van der Waals surface area contributed by atoms with Crippen molar-refractivity contribution in [2.45, 2.75) is 0 Å². The Morgan fingerprint density at radius 2 is 1.95 bits per heavy atom. The van der Waals surface area contributed by atoms with E-state index in [4.69, 9.17) is 12.2 Å². The van der Waals surface area contributed by atoms with Crippen LogP contribution in [-0.2, 0) is 0 Å². The number of anilines is 1. The molecule has 0 saturated heterocycles. The van der Waals surface area contributed by atoms with Crippen molar-refractivity contribution in [1.82, 2.24) is 9.55 Å². The Morgan fingerprint density at radius 3 is 2.67 bits per heavy atom. The normalized spacial score (nSPS) is 11.0. The summed E-state index contributed by atoms with van der Waals surface area (Å²) in [4.78, 5) is 5.13. The number of hydrogen-bond donors (Lipinski definition) is 1. The van der Waals surface area contributed by atoms with Crippen LogP contribution in [0.15, 0.2) is 40.9 Å². The molecule has 2 aromatic carbocycles. The Balaban J connectivity index is 2.38. The van der Waals surface area contributed by atoms with E-state index < -0.39 is 0 Å². The summed E-state index contributed by atoms with van der Waals surface area (Å²) in [5, 5.41) is 0. The number of rotatable bonds is 2. The van der Waals surface area contributed by atoms with Crippen LogP contribution >= 0.6 is 28.1 Å². The Bertz CT molecular complexity index is 882. The number of aromatic amines is 1. The SMILES string of the molecule is CN(C)c1ccccc1-n1c(=S)[nH]c2cc(Br)c(F)cc21. The second kappa shape index (κ2) is 5.27. The van der Waals surface area contributed by atoms with E-state index in [0.717, 1.165) is 22.4 Å². The van der Waals surface area contributed by atoms with Crippen molar-refractivity contribution in [3.8, 4) is 5.69 Å². The van der Waals surface area contributed by atoms with Gasteiger partial charge in [0, 0.05) is 20.2 Å². The van der Waals surface area contributed by atoms with Gasteiger partial charge in [-0.25, -0.2) is 4.39 Å². The average Bonchev–Trinajstić information content (AvgIpc) is 2.74. The first-order chi connectivity index (χ1) is 9.99. The molecule has 0 saturated carbocycles. The number of fused-ring (bicyclic) bond motifs is 1. The van der Waals surface area contributed by atoms with Crippen molar-refractivity contribution in [2.24, 2.45) is 0 Å². The van der Waals surface area contributed by atoms with Crippen LogP contribution in [0.2, 0.25) is 0 Å². The zero-order chi connectivity index (χ0) is 15.1. The van der Waals surface area contributed by atoms with E-state index in [0.29, 0.717) is 9.24 Å². The minimum Gasteiger partial charge on any atom is -0.376 e. The highest BCUT2D eigenvalue weighted by Crippen LogP contribution is 2.29. The number of halogens is 2. The van der Waals surface area contributed by atoms with E-state index in [-0.39, 0.29) is 5.82 Å². The topological polar surface area (TPSA) is 24.0 Å². The number of imidazole rings is 1. The molecule has 3 aromatic rings. The minimum absolute atomic E-state index is 0.312. The Labute approximate surface area is 135 Å². The maximum atomic E-state index is 13.9. The maximum absolute atomic E-state index is 13.9. The zero-order valence-electron chi connectivity index (χ0n) is 11.5. The molecular formula is C15H13BrFN3S. The molecule has 0 unspecified atom stereocenters. The van der Waals surface area contributed by atoms with Gasteiger partial charge in [-0.1, -0.05) is 12.1 Å². The third-order valence-electron chi connectivity index (χ3n) is 3.33. The predicted molar refractivity (Wildman–Crippen MR) is 90.4 cm³/mol. The van der Waals surface area contributed by atoms with Crippen molar-refractivity contribution in [2.75, 3.05) is 19.0 Å². The molecule has 0 bridgehead atoms. The van der Waals surface area contributed by atoms with E-state index in [1.54, 1.807) is 6.07 Å². The molecule has 0 fully saturated rings. The maximum Gasteiger partial charge on any atom is 0.182 e. The standard InChI is InChI=1S/C15H13BrFN3S/c1-19(2)12-5-3-4-6-13(12)20-14-8-10(17)9(16)7-11(14)18-15(20)21/h3-8H,1-2H3,(H,18,21). The lowest BCUT2D eigenvalue weighted by molar-refractivity contribution is 0.622. The van der Waals surface area contributed by atoms with E-state index in [1.807, 2.05) is 47.8 Å². The van der Waals surface area contributed by atoms with Crippen molar-refractivity contribution in [1.29, 1.82) is 0 Å². The lowest BCUT2D eigenvalue weighted by atomic mass is 10.2. The summed E-state index contributed by atoms with van der Waals surface area (Å²) in [6.45, 7) is 0. The number of hydrogen-bond acceptors (Lipinski definition) is 2. The highest BCUT2D eigenvalue weighted by Gasteiger charge is 2.13. The van der Waals surface area contributed by atoms with Gasteiger partial charge >= 0.3 is 0 Å². The summed E-state index contributed by atoms with van der Waals surface area (Å²) in [5.74, 6) is -0.312. The smallest absolute Gasteiger partial charge is 0.182 e. The third-order valence-corrected chi connectivity index (χ3v) is 4.22. The Hall–Kier alpha value is -1.66. The summed E-state index contributed by atoms with van der Waals surface area (Å²) < 4.78 is 16.7. The minimum atomic E-state index is -0.312. The molecular weight excluding hydrogens is 353 g/mol. The van der Waals surface area contributed by atoms with Gasteiger partial charge in [0.05, 0.1) is 26.9 Å². The molecule has 1 aromatic heterocycles. The monoisotopic (exact) mass is 365 g/mol. The van der Waals surface area contributed by atoms with Gasteiger partial charge in [-0.05, 0) is 46.3 Å². The number of para-hydroxylation sites is 2. The zero-order valence-corrected chi connectivity index (χ0v) is 13.9. The fourth-order valence-electron chi connectivity index (χ4n) is 2.37. The molecule has 0 amide bonds. The van der Waals surface area contributed by atoms with Crippen LogP contribution in [0.4, 0.5) is 10.1 Å². The first-order valence-electron chi connectivity index (χ1n) is 6.35. The summed E-state index contributed by atoms with van der Waals surface area (Å²) in [7, 11) is 3.93. The van der Waals surface area contributed by atoms with Crippen LogP contribution in [0.5, 0.6) is 0 Å². The molecule has 21 heavy (non-hydrogen) atoms. The predicted octanol–water partition coefficient (Wildman–Crippen LogP) is 4.66. The van der Waals surface area contributed by atoms with Gasteiger partial charge in [-0.3, -0.25) is 4.57 Å². The second-order valence-electron chi connectivity index (χ2n) is 4.93. The van der Waals surface area contributed by atoms with E-state index >= 15 is 0 Å². The first kappa shape index (κ1) is 14.3. The third kappa shape index (κ3) is 2.38. The van der Waals surface area contributed by atoms with Gasteiger partial charge in [-0.2, -0.15) is 0 Å². The van der Waals surface area contributed by atoms with Crippen LogP contribution in [0.3, 0.4) is 0 Å². The molecule has 0 aliphatic rings. The molecule has 108 valence electrons. The Kier molecular flexibility index (Phi) is 3.59. The van der Waals surface area contributed by atoms with Gasteiger partial charge in [0.1, 0.15) is 5.82 Å². The molecule has 0 radical (unpaired) electrons. The van der Waals surface area contributed by atoms with Gasteiger partial charge in [0.15, 0.2) is 4.77 Å². The lowest BCUT2D eigenvalue weighted by Crippen LogP contribution is -2.12. The van der Waals surface area contributed by atoms with Crippen LogP contribution in [0.1, 0.15) is 0 Å². The van der Waals surface area contributed by atoms with Crippen LogP contribution in [-0.4, -0.2) is 23.6 Å². The van der Waals surface area contributed by atoms with Gasteiger partial charge in [-0.15, -0.1) is 0 Å². The molecule has 0 aliphatic heterocycles. The van der Waals surface area contributed by atoms with Crippen molar-refractivity contribution >= 4 is 44.9 Å². The van der Waals surface area contributed by atoms with Crippen LogP contribution in [0, 0.1) is 10.6 Å². The summed E-state index contributed by atoms with van der Waals surface area (Å²) in [5.41, 5.74) is 3.44. The van der Waals surface area contributed by atoms with Crippen molar-refractivity contribution in [3.63, 3.8) is 0 Å². The summed E-state index contributed by atoms with van der Waals surface area (Å²) >= 11 is 8.62. The van der Waals surface area contributed by atoms with Crippen molar-refractivity contribution < 1.29 is 4.39 Å². The fraction of sp³-hybridized carbons (Fsp3) is 0.133. The number of aromatic nitrogens is 2. The average molecular weight is 366 g/mol. The van der Waals surface area contributed by atoms with E-state index in [1.165, 1.54) is 6.07 Å². The summed E-state index contributed by atoms with van der Waals surface area (Å²) in [6.07, 6.45) is 0. The molecule has 3 nitrogen and oxygen atoms in total. The number of H-pyrrole nitrogens is 1. The Morgan fingerprint density at radius 1 is 1.24 bits per heavy atom. The molecule has 3 rings (SSSR count). The lowest BCUT2D eigenvalue weighted by Gasteiger charge is -2.18. The van der Waals surface area contributed by atoms with Gasteiger partial charge in [0.25, 0.3) is 0 Å². The molecule has 0 atom stereocenters. The first-order valence-corrected chi connectivity index (χ1v) is 7.55. The molecule has 6 heteroatoms. The number of benzene rings is 2. The second-order valence-corrected chi connectivity index (χ2v) is 6.17. The van der Waals surface area contributed by atoms with Gasteiger partial charge in [0.2, 0.25) is 0 Å². The highest BCUT2D eigenvalue weighted by molar-refractivity contribution is 9.10. The van der Waals surface area contributed by atoms with E-state index in [9.17, 15) is 4.39 Å². The molecule has 1 heterocycles. The molecule has 1 N–H and O–H groups in total. The highest BCUT2D eigenvalue weighted by atomic mass is 79.9. The number of nitrogens with zero attached hydrogens (tertiary/aromatic N) is 2. The fourth-order valence-corrected chi connectivity index (χ4v) is 3.02. The van der Waals surface area contributed by atoms with Crippen LogP contribution < -0.4 is 4.90 Å². The summed E-state index contributed by atoms with van der Waals surface area (Å²) in [6, 6.07) is 11.1. The van der Waals surface area contributed by atoms with Crippen molar-refractivity contribution in [3.05, 3.63) is 51.5 Å². The quantitative estimate of drug-likeness (QED) is 0.668. The van der Waals surface area contributed by atoms with Gasteiger partial charge < -0.3 is 9.88 Å². The van der Waals surface area contributed by atoms with E-state index in [2.05, 4.69) is 20.9 Å². The largest absolute Gasteiger partial charge is 0.376 e.